The Kier molecular flexibility index (Phi) is 5.93. The zero-order valence-electron chi connectivity index (χ0n) is 11.2. The molecule has 1 amide bonds. The maximum Gasteiger partial charge on any atom is 0.262 e. The summed E-state index contributed by atoms with van der Waals surface area (Å²) >= 11 is 6.65. The van der Waals surface area contributed by atoms with Crippen LogP contribution in [-0.2, 0) is 11.3 Å². The van der Waals surface area contributed by atoms with Crippen LogP contribution in [0.4, 0.5) is 0 Å². The number of thiocarbonyl (C=S) groups is 1. The number of amides is 1. The number of thiophene rings is 1. The number of carbonyl (C=O) groups excluding carboxylic acids is 1. The Morgan fingerprint density at radius 3 is 2.67 bits per heavy atom. The Bertz CT molecular complexity index is 609. The largest absolute Gasteiger partial charge is 0.357 e. The third kappa shape index (κ3) is 5.76. The van der Waals surface area contributed by atoms with Crippen molar-refractivity contribution in [2.75, 3.05) is 0 Å². The van der Waals surface area contributed by atoms with Crippen LogP contribution >= 0.6 is 23.6 Å². The molecule has 0 saturated carbocycles. The quantitative estimate of drug-likeness (QED) is 0.461. The summed E-state index contributed by atoms with van der Waals surface area (Å²) in [5, 5.41) is 5.34. The molecule has 1 aromatic heterocycles. The Morgan fingerprint density at radius 1 is 1.14 bits per heavy atom. The molecule has 2 aromatic rings. The van der Waals surface area contributed by atoms with Crippen LogP contribution in [-0.4, -0.2) is 11.0 Å². The summed E-state index contributed by atoms with van der Waals surface area (Å²) in [6.45, 7) is 0.605. The highest BCUT2D eigenvalue weighted by Crippen LogP contribution is 2.09. The van der Waals surface area contributed by atoms with Crippen LogP contribution in [0, 0.1) is 0 Å². The molecule has 0 atom stereocenters. The van der Waals surface area contributed by atoms with Gasteiger partial charge in [0.05, 0.1) is 0 Å². The molecular formula is C15H15N3OS2. The minimum absolute atomic E-state index is 0.257. The fourth-order valence-electron chi connectivity index (χ4n) is 1.53. The van der Waals surface area contributed by atoms with E-state index in [0.717, 1.165) is 10.4 Å². The van der Waals surface area contributed by atoms with Gasteiger partial charge in [-0.15, -0.1) is 11.3 Å². The van der Waals surface area contributed by atoms with Crippen molar-refractivity contribution in [2.24, 2.45) is 0 Å². The third-order valence-electron chi connectivity index (χ3n) is 2.54. The van der Waals surface area contributed by atoms with E-state index in [4.69, 9.17) is 12.2 Å². The Morgan fingerprint density at radius 2 is 1.95 bits per heavy atom. The first-order valence-corrected chi connectivity index (χ1v) is 7.62. The third-order valence-corrected chi connectivity index (χ3v) is 3.62. The van der Waals surface area contributed by atoms with Crippen LogP contribution in [0.3, 0.4) is 0 Å². The molecule has 0 aliphatic heterocycles. The average Bonchev–Trinajstić information content (AvgIpc) is 3.03. The highest BCUT2D eigenvalue weighted by atomic mass is 32.1. The molecule has 0 fully saturated rings. The van der Waals surface area contributed by atoms with Crippen molar-refractivity contribution >= 4 is 40.7 Å². The van der Waals surface area contributed by atoms with Gasteiger partial charge in [0, 0.05) is 17.5 Å². The molecule has 108 valence electrons. The van der Waals surface area contributed by atoms with Gasteiger partial charge in [0.1, 0.15) is 0 Å². The lowest BCUT2D eigenvalue weighted by Gasteiger charge is -2.10. The fraction of sp³-hybridized carbons (Fsp3) is 0.0667. The Labute approximate surface area is 132 Å². The van der Waals surface area contributed by atoms with Gasteiger partial charge in [-0.05, 0) is 35.3 Å². The highest BCUT2D eigenvalue weighted by molar-refractivity contribution is 7.80. The van der Waals surface area contributed by atoms with Crippen molar-refractivity contribution in [2.45, 2.75) is 6.54 Å². The summed E-state index contributed by atoms with van der Waals surface area (Å²) in [5.41, 5.74) is 6.28. The molecule has 0 spiro atoms. The lowest BCUT2D eigenvalue weighted by molar-refractivity contribution is -0.116. The summed E-state index contributed by atoms with van der Waals surface area (Å²) in [5.74, 6) is -0.257. The lowest BCUT2D eigenvalue weighted by atomic mass is 10.2. The SMILES string of the molecule is O=C(/C=C/c1cccs1)NNC(=S)NCc1ccccc1. The second-order valence-electron chi connectivity index (χ2n) is 4.13. The molecule has 0 unspecified atom stereocenters. The molecule has 0 radical (unpaired) electrons. The standard InChI is InChI=1S/C15H15N3OS2/c19-14(9-8-13-7-4-10-21-13)17-18-15(20)16-11-12-5-2-1-3-6-12/h1-10H,11H2,(H,17,19)(H2,16,18,20)/b9-8+. The number of nitrogens with one attached hydrogen (secondary N) is 3. The maximum absolute atomic E-state index is 11.6. The molecule has 0 bridgehead atoms. The van der Waals surface area contributed by atoms with Crippen molar-refractivity contribution in [3.05, 3.63) is 64.4 Å². The van der Waals surface area contributed by atoms with Gasteiger partial charge < -0.3 is 5.32 Å². The fourth-order valence-corrected chi connectivity index (χ4v) is 2.27. The van der Waals surface area contributed by atoms with E-state index in [1.54, 1.807) is 17.4 Å². The van der Waals surface area contributed by atoms with E-state index in [-0.39, 0.29) is 5.91 Å². The first kappa shape index (κ1) is 15.2. The molecule has 0 saturated heterocycles. The molecule has 21 heavy (non-hydrogen) atoms. The van der Waals surface area contributed by atoms with Crippen molar-refractivity contribution in [3.63, 3.8) is 0 Å². The number of rotatable bonds is 4. The van der Waals surface area contributed by atoms with Gasteiger partial charge in [0.2, 0.25) is 0 Å². The minimum Gasteiger partial charge on any atom is -0.357 e. The van der Waals surface area contributed by atoms with Crippen LogP contribution in [0.25, 0.3) is 6.08 Å². The van der Waals surface area contributed by atoms with Gasteiger partial charge in [-0.1, -0.05) is 36.4 Å². The van der Waals surface area contributed by atoms with Crippen LogP contribution in [0.15, 0.2) is 53.9 Å². The summed E-state index contributed by atoms with van der Waals surface area (Å²) in [6, 6.07) is 13.8. The summed E-state index contributed by atoms with van der Waals surface area (Å²) in [4.78, 5) is 12.6. The van der Waals surface area contributed by atoms with E-state index in [9.17, 15) is 4.79 Å². The first-order chi connectivity index (χ1) is 10.2. The van der Waals surface area contributed by atoms with E-state index in [2.05, 4.69) is 16.2 Å². The second kappa shape index (κ2) is 8.18. The Balaban J connectivity index is 1.68. The van der Waals surface area contributed by atoms with Gasteiger partial charge in [0.25, 0.3) is 5.91 Å². The minimum atomic E-state index is -0.257. The molecule has 1 aromatic carbocycles. The van der Waals surface area contributed by atoms with Gasteiger partial charge in [-0.3, -0.25) is 15.6 Å². The van der Waals surface area contributed by atoms with Crippen molar-refractivity contribution in [3.8, 4) is 0 Å². The molecule has 4 nitrogen and oxygen atoms in total. The monoisotopic (exact) mass is 317 g/mol. The van der Waals surface area contributed by atoms with Crippen LogP contribution < -0.4 is 16.2 Å². The van der Waals surface area contributed by atoms with E-state index in [1.165, 1.54) is 6.08 Å². The van der Waals surface area contributed by atoms with Gasteiger partial charge >= 0.3 is 0 Å². The molecule has 1 heterocycles. The van der Waals surface area contributed by atoms with Crippen molar-refractivity contribution < 1.29 is 4.79 Å². The van der Waals surface area contributed by atoms with Crippen LogP contribution in [0.5, 0.6) is 0 Å². The van der Waals surface area contributed by atoms with Crippen LogP contribution in [0.1, 0.15) is 10.4 Å². The van der Waals surface area contributed by atoms with E-state index in [1.807, 2.05) is 47.8 Å². The normalized spacial score (nSPS) is 10.3. The molecular weight excluding hydrogens is 302 g/mol. The summed E-state index contributed by atoms with van der Waals surface area (Å²) in [6.07, 6.45) is 3.21. The van der Waals surface area contributed by atoms with Gasteiger partial charge in [-0.25, -0.2) is 0 Å². The second-order valence-corrected chi connectivity index (χ2v) is 5.52. The van der Waals surface area contributed by atoms with Gasteiger partial charge in [-0.2, -0.15) is 0 Å². The summed E-state index contributed by atoms with van der Waals surface area (Å²) < 4.78 is 0. The lowest BCUT2D eigenvalue weighted by Crippen LogP contribution is -2.45. The maximum atomic E-state index is 11.6. The number of hydrogen-bond donors (Lipinski definition) is 3. The predicted molar refractivity (Wildman–Crippen MR) is 90.5 cm³/mol. The number of carbonyl (C=O) groups is 1. The zero-order valence-corrected chi connectivity index (χ0v) is 12.8. The zero-order chi connectivity index (χ0) is 14.9. The molecule has 2 rings (SSSR count). The topological polar surface area (TPSA) is 53.2 Å². The number of benzene rings is 1. The van der Waals surface area contributed by atoms with Crippen LogP contribution in [0.2, 0.25) is 0 Å². The molecule has 0 aliphatic rings. The Hall–Kier alpha value is -2.18. The van der Waals surface area contributed by atoms with Gasteiger partial charge in [0.15, 0.2) is 5.11 Å². The van der Waals surface area contributed by atoms with E-state index >= 15 is 0 Å². The van der Waals surface area contributed by atoms with E-state index in [0.29, 0.717) is 11.7 Å². The predicted octanol–water partition coefficient (Wildman–Crippen LogP) is 2.46. The average molecular weight is 317 g/mol. The number of hydrazine groups is 1. The smallest absolute Gasteiger partial charge is 0.262 e. The summed E-state index contributed by atoms with van der Waals surface area (Å²) in [7, 11) is 0. The molecule has 3 N–H and O–H groups in total. The van der Waals surface area contributed by atoms with Crippen molar-refractivity contribution in [1.82, 2.24) is 16.2 Å². The first-order valence-electron chi connectivity index (χ1n) is 6.33. The molecule has 0 aliphatic carbocycles. The van der Waals surface area contributed by atoms with E-state index < -0.39 is 0 Å². The molecule has 6 heteroatoms. The van der Waals surface area contributed by atoms with Crippen molar-refractivity contribution in [1.29, 1.82) is 0 Å². The number of hydrogen-bond acceptors (Lipinski definition) is 3. The highest BCUT2D eigenvalue weighted by Gasteiger charge is 1.98.